The lowest BCUT2D eigenvalue weighted by atomic mass is 10.2. The summed E-state index contributed by atoms with van der Waals surface area (Å²) in [6, 6.07) is 0. The van der Waals surface area contributed by atoms with E-state index in [1.54, 1.807) is 6.08 Å². The minimum absolute atomic E-state index is 0.191. The normalized spacial score (nSPS) is 13.5. The van der Waals surface area contributed by atoms with Gasteiger partial charge in [-0.1, -0.05) is 18.2 Å². The lowest BCUT2D eigenvalue weighted by molar-refractivity contribution is 0.131. The molecule has 0 aromatic heterocycles. The first kappa shape index (κ1) is 11.4. The van der Waals surface area contributed by atoms with Crippen LogP contribution in [-0.4, -0.2) is 22.9 Å². The Bertz CT molecular complexity index is 130. The third-order valence-electron chi connectivity index (χ3n) is 1.57. The van der Waals surface area contributed by atoms with E-state index in [9.17, 15) is 0 Å². The van der Waals surface area contributed by atoms with Gasteiger partial charge in [-0.3, -0.25) is 0 Å². The molecule has 0 saturated carbocycles. The zero-order chi connectivity index (χ0) is 9.23. The van der Waals surface area contributed by atoms with E-state index >= 15 is 0 Å². The highest BCUT2D eigenvalue weighted by Gasteiger charge is 1.92. The topological polar surface area (TPSA) is 40.5 Å². The lowest BCUT2D eigenvalue weighted by Crippen LogP contribution is -2.06. The molecular formula is C10H18O2. The Kier molecular flexibility index (Phi) is 8.07. The molecular weight excluding hydrogens is 152 g/mol. The van der Waals surface area contributed by atoms with Crippen LogP contribution < -0.4 is 0 Å². The van der Waals surface area contributed by atoms with Crippen LogP contribution in [0.15, 0.2) is 24.8 Å². The lowest BCUT2D eigenvalue weighted by Gasteiger charge is -1.97. The summed E-state index contributed by atoms with van der Waals surface area (Å²) in [6.07, 6.45) is 9.03. The van der Waals surface area contributed by atoms with Crippen LogP contribution in [0.25, 0.3) is 0 Å². The highest BCUT2D eigenvalue weighted by molar-refractivity contribution is 4.88. The number of aliphatic hydroxyl groups is 2. The summed E-state index contributed by atoms with van der Waals surface area (Å²) >= 11 is 0. The minimum Gasteiger partial charge on any atom is -0.393 e. The number of aliphatic hydroxyl groups excluding tert-OH is 2. The molecule has 70 valence electrons. The van der Waals surface area contributed by atoms with Gasteiger partial charge in [0.15, 0.2) is 0 Å². The van der Waals surface area contributed by atoms with Gasteiger partial charge >= 0.3 is 0 Å². The van der Waals surface area contributed by atoms with Crippen LogP contribution in [-0.2, 0) is 0 Å². The SMILES string of the molecule is C=CCCCCC=CC(O)CO. The molecule has 0 aromatic carbocycles. The standard InChI is InChI=1S/C10H18O2/c1-2-3-4-5-6-7-8-10(12)9-11/h2,7-8,10-12H,1,3-6,9H2. The average Bonchev–Trinajstić information content (AvgIpc) is 2.10. The molecule has 1 unspecified atom stereocenters. The average molecular weight is 170 g/mol. The molecule has 0 fully saturated rings. The van der Waals surface area contributed by atoms with E-state index in [-0.39, 0.29) is 6.61 Å². The zero-order valence-electron chi connectivity index (χ0n) is 7.45. The summed E-state index contributed by atoms with van der Waals surface area (Å²) < 4.78 is 0. The van der Waals surface area contributed by atoms with E-state index < -0.39 is 6.10 Å². The number of rotatable bonds is 7. The minimum atomic E-state index is -0.690. The van der Waals surface area contributed by atoms with Gasteiger partial charge in [0, 0.05) is 0 Å². The second kappa shape index (κ2) is 8.50. The molecule has 2 nitrogen and oxygen atoms in total. The van der Waals surface area contributed by atoms with E-state index in [1.165, 1.54) is 0 Å². The van der Waals surface area contributed by atoms with Gasteiger partial charge in [-0.15, -0.1) is 6.58 Å². The fourth-order valence-corrected chi connectivity index (χ4v) is 0.865. The molecule has 0 spiro atoms. The molecule has 0 radical (unpaired) electrons. The second-order valence-corrected chi connectivity index (χ2v) is 2.75. The van der Waals surface area contributed by atoms with Gasteiger partial charge in [0.1, 0.15) is 0 Å². The summed E-state index contributed by atoms with van der Waals surface area (Å²) in [7, 11) is 0. The predicted octanol–water partition coefficient (Wildman–Crippen LogP) is 1.64. The van der Waals surface area contributed by atoms with E-state index in [4.69, 9.17) is 10.2 Å². The van der Waals surface area contributed by atoms with Crippen LogP contribution in [0.1, 0.15) is 25.7 Å². The van der Waals surface area contributed by atoms with Crippen molar-refractivity contribution in [2.24, 2.45) is 0 Å². The first-order valence-corrected chi connectivity index (χ1v) is 4.37. The van der Waals surface area contributed by atoms with Crippen molar-refractivity contribution < 1.29 is 10.2 Å². The Morgan fingerprint density at radius 2 is 1.92 bits per heavy atom. The van der Waals surface area contributed by atoms with Crippen LogP contribution in [0, 0.1) is 0 Å². The van der Waals surface area contributed by atoms with Gasteiger partial charge in [0.2, 0.25) is 0 Å². The number of allylic oxidation sites excluding steroid dienone is 2. The Morgan fingerprint density at radius 3 is 2.50 bits per heavy atom. The van der Waals surface area contributed by atoms with Crippen molar-refractivity contribution in [2.75, 3.05) is 6.61 Å². The third-order valence-corrected chi connectivity index (χ3v) is 1.57. The molecule has 0 heterocycles. The maximum Gasteiger partial charge on any atom is 0.0951 e. The van der Waals surface area contributed by atoms with Gasteiger partial charge in [-0.05, 0) is 25.7 Å². The molecule has 0 saturated heterocycles. The molecule has 12 heavy (non-hydrogen) atoms. The van der Waals surface area contributed by atoms with Crippen molar-refractivity contribution in [1.29, 1.82) is 0 Å². The maximum atomic E-state index is 8.91. The second-order valence-electron chi connectivity index (χ2n) is 2.75. The molecule has 0 aromatic rings. The third kappa shape index (κ3) is 7.51. The Balaban J connectivity index is 3.18. The van der Waals surface area contributed by atoms with E-state index in [2.05, 4.69) is 6.58 Å². The molecule has 0 bridgehead atoms. The van der Waals surface area contributed by atoms with Gasteiger partial charge in [-0.2, -0.15) is 0 Å². The van der Waals surface area contributed by atoms with Crippen LogP contribution in [0.3, 0.4) is 0 Å². The van der Waals surface area contributed by atoms with Crippen molar-refractivity contribution in [3.63, 3.8) is 0 Å². The molecule has 0 rings (SSSR count). The summed E-state index contributed by atoms with van der Waals surface area (Å²) in [5, 5.41) is 17.4. The van der Waals surface area contributed by atoms with Crippen LogP contribution in [0.4, 0.5) is 0 Å². The fourth-order valence-electron chi connectivity index (χ4n) is 0.865. The molecule has 2 heteroatoms. The smallest absolute Gasteiger partial charge is 0.0951 e. The quantitative estimate of drug-likeness (QED) is 0.450. The molecule has 2 N–H and O–H groups in total. The van der Waals surface area contributed by atoms with Gasteiger partial charge in [0.25, 0.3) is 0 Å². The monoisotopic (exact) mass is 170 g/mol. The summed E-state index contributed by atoms with van der Waals surface area (Å²) in [5.41, 5.74) is 0. The fraction of sp³-hybridized carbons (Fsp3) is 0.600. The molecule has 0 amide bonds. The van der Waals surface area contributed by atoms with Crippen molar-refractivity contribution in [2.45, 2.75) is 31.8 Å². The summed E-state index contributed by atoms with van der Waals surface area (Å²) in [6.45, 7) is 3.44. The molecule has 0 aliphatic carbocycles. The Morgan fingerprint density at radius 1 is 1.25 bits per heavy atom. The highest BCUT2D eigenvalue weighted by Crippen LogP contribution is 2.01. The summed E-state index contributed by atoms with van der Waals surface area (Å²) in [5.74, 6) is 0. The van der Waals surface area contributed by atoms with Crippen molar-refractivity contribution in [1.82, 2.24) is 0 Å². The number of hydrogen-bond donors (Lipinski definition) is 2. The van der Waals surface area contributed by atoms with Gasteiger partial charge in [-0.25, -0.2) is 0 Å². The van der Waals surface area contributed by atoms with Crippen molar-refractivity contribution in [3.05, 3.63) is 24.8 Å². The van der Waals surface area contributed by atoms with Crippen molar-refractivity contribution in [3.8, 4) is 0 Å². The van der Waals surface area contributed by atoms with Crippen LogP contribution in [0.5, 0.6) is 0 Å². The highest BCUT2D eigenvalue weighted by atomic mass is 16.3. The Hall–Kier alpha value is -0.600. The number of unbranched alkanes of at least 4 members (excludes halogenated alkanes) is 3. The molecule has 1 atom stereocenters. The zero-order valence-corrected chi connectivity index (χ0v) is 7.45. The van der Waals surface area contributed by atoms with Gasteiger partial charge < -0.3 is 10.2 Å². The first-order chi connectivity index (χ1) is 5.81. The predicted molar refractivity (Wildman–Crippen MR) is 50.9 cm³/mol. The Labute approximate surface area is 74.2 Å². The molecule has 0 aliphatic heterocycles. The maximum absolute atomic E-state index is 8.91. The first-order valence-electron chi connectivity index (χ1n) is 4.37. The van der Waals surface area contributed by atoms with Gasteiger partial charge in [0.05, 0.1) is 12.7 Å². The number of hydrogen-bond acceptors (Lipinski definition) is 2. The summed E-state index contributed by atoms with van der Waals surface area (Å²) in [4.78, 5) is 0. The van der Waals surface area contributed by atoms with E-state index in [0.717, 1.165) is 25.7 Å². The van der Waals surface area contributed by atoms with E-state index in [0.29, 0.717) is 0 Å². The molecule has 0 aliphatic rings. The van der Waals surface area contributed by atoms with Crippen LogP contribution in [0.2, 0.25) is 0 Å². The van der Waals surface area contributed by atoms with Crippen molar-refractivity contribution >= 4 is 0 Å². The van der Waals surface area contributed by atoms with E-state index in [1.807, 2.05) is 12.2 Å². The van der Waals surface area contributed by atoms with Crippen LogP contribution >= 0.6 is 0 Å². The largest absolute Gasteiger partial charge is 0.393 e.